The standard InChI is InChI=1S/C23H30FN3O2.HI/c1-3-25-23(26-12-18-7-9-21(24)20(11-18)14-28)27-13-19-8-4-16(2)10-22(19)29-15-17-5-6-17;/h4,7-11,17,28H,3,5-6,12-15H2,1-2H3,(H2,25,26,27);1H. The van der Waals surface area contributed by atoms with Gasteiger partial charge in [-0.25, -0.2) is 9.38 Å². The monoisotopic (exact) mass is 527 g/mol. The number of nitrogens with one attached hydrogen (secondary N) is 2. The first kappa shape index (κ1) is 24.4. The van der Waals surface area contributed by atoms with Gasteiger partial charge in [0.25, 0.3) is 0 Å². The molecule has 7 heteroatoms. The number of nitrogens with zero attached hydrogens (tertiary/aromatic N) is 1. The molecule has 5 nitrogen and oxygen atoms in total. The van der Waals surface area contributed by atoms with Crippen LogP contribution in [0.5, 0.6) is 5.75 Å². The van der Waals surface area contributed by atoms with Crippen LogP contribution in [0, 0.1) is 18.7 Å². The van der Waals surface area contributed by atoms with Crippen molar-refractivity contribution in [2.75, 3.05) is 13.2 Å². The fourth-order valence-electron chi connectivity index (χ4n) is 2.97. The van der Waals surface area contributed by atoms with Gasteiger partial charge >= 0.3 is 0 Å². The number of hydrogen-bond donors (Lipinski definition) is 3. The van der Waals surface area contributed by atoms with Crippen LogP contribution in [0.2, 0.25) is 0 Å². The number of aliphatic hydroxyl groups is 1. The average Bonchev–Trinajstić information content (AvgIpc) is 3.55. The first-order chi connectivity index (χ1) is 14.1. The maximum absolute atomic E-state index is 13.5. The quantitative estimate of drug-likeness (QED) is 0.259. The molecule has 0 bridgehead atoms. The molecule has 0 heterocycles. The molecule has 0 aliphatic heterocycles. The van der Waals surface area contributed by atoms with Crippen LogP contribution in [0.25, 0.3) is 0 Å². The Morgan fingerprint density at radius 2 is 1.97 bits per heavy atom. The van der Waals surface area contributed by atoms with Crippen LogP contribution >= 0.6 is 24.0 Å². The number of ether oxygens (including phenoxy) is 1. The van der Waals surface area contributed by atoms with Gasteiger partial charge in [0.15, 0.2) is 5.96 Å². The third-order valence-electron chi connectivity index (χ3n) is 4.88. The van der Waals surface area contributed by atoms with Gasteiger partial charge in [-0.15, -0.1) is 24.0 Å². The maximum atomic E-state index is 13.5. The van der Waals surface area contributed by atoms with E-state index in [1.165, 1.54) is 24.5 Å². The minimum absolute atomic E-state index is 0. The van der Waals surface area contributed by atoms with Crippen molar-refractivity contribution in [3.63, 3.8) is 0 Å². The van der Waals surface area contributed by atoms with Crippen molar-refractivity contribution in [3.8, 4) is 5.75 Å². The van der Waals surface area contributed by atoms with Gasteiger partial charge in [-0.3, -0.25) is 0 Å². The largest absolute Gasteiger partial charge is 0.493 e. The van der Waals surface area contributed by atoms with E-state index >= 15 is 0 Å². The number of aliphatic hydroxyl groups excluding tert-OH is 1. The van der Waals surface area contributed by atoms with Crippen molar-refractivity contribution in [1.82, 2.24) is 10.6 Å². The van der Waals surface area contributed by atoms with E-state index in [4.69, 9.17) is 4.74 Å². The van der Waals surface area contributed by atoms with E-state index in [1.54, 1.807) is 12.1 Å². The lowest BCUT2D eigenvalue weighted by Gasteiger charge is -2.15. The molecule has 1 saturated carbocycles. The summed E-state index contributed by atoms with van der Waals surface area (Å²) in [5.74, 6) is 1.90. The van der Waals surface area contributed by atoms with E-state index in [2.05, 4.69) is 40.7 Å². The predicted octanol–water partition coefficient (Wildman–Crippen LogP) is 4.29. The van der Waals surface area contributed by atoms with Gasteiger partial charge in [-0.05, 0) is 61.9 Å². The molecule has 3 N–H and O–H groups in total. The average molecular weight is 527 g/mol. The van der Waals surface area contributed by atoms with Crippen molar-refractivity contribution in [2.24, 2.45) is 10.9 Å². The Morgan fingerprint density at radius 3 is 2.67 bits per heavy atom. The number of hydrogen-bond acceptors (Lipinski definition) is 3. The van der Waals surface area contributed by atoms with Crippen LogP contribution in [-0.2, 0) is 19.7 Å². The van der Waals surface area contributed by atoms with Crippen molar-refractivity contribution < 1.29 is 14.2 Å². The second-order valence-electron chi connectivity index (χ2n) is 7.50. The first-order valence-electron chi connectivity index (χ1n) is 10.2. The Morgan fingerprint density at radius 1 is 1.17 bits per heavy atom. The molecule has 30 heavy (non-hydrogen) atoms. The van der Waals surface area contributed by atoms with Crippen LogP contribution in [0.15, 0.2) is 41.4 Å². The Bertz CT molecular complexity index is 856. The number of halogens is 2. The summed E-state index contributed by atoms with van der Waals surface area (Å²) in [5.41, 5.74) is 3.39. The molecule has 0 atom stereocenters. The summed E-state index contributed by atoms with van der Waals surface area (Å²) >= 11 is 0. The fourth-order valence-corrected chi connectivity index (χ4v) is 2.97. The normalized spacial score (nSPS) is 13.5. The minimum Gasteiger partial charge on any atom is -0.493 e. The lowest BCUT2D eigenvalue weighted by atomic mass is 10.1. The molecule has 1 aliphatic rings. The molecular formula is C23H31FIN3O2. The van der Waals surface area contributed by atoms with Crippen molar-refractivity contribution in [1.29, 1.82) is 0 Å². The molecule has 0 spiro atoms. The Hall–Kier alpha value is -1.87. The predicted molar refractivity (Wildman–Crippen MR) is 129 cm³/mol. The summed E-state index contributed by atoms with van der Waals surface area (Å²) in [6.45, 7) is 6.25. The van der Waals surface area contributed by atoms with Gasteiger partial charge in [-0.2, -0.15) is 0 Å². The smallest absolute Gasteiger partial charge is 0.191 e. The molecule has 2 aromatic rings. The zero-order valence-electron chi connectivity index (χ0n) is 17.6. The fraction of sp³-hybridized carbons (Fsp3) is 0.435. The Labute approximate surface area is 195 Å². The summed E-state index contributed by atoms with van der Waals surface area (Å²) in [4.78, 5) is 4.58. The van der Waals surface area contributed by atoms with Gasteiger partial charge in [0.2, 0.25) is 0 Å². The van der Waals surface area contributed by atoms with Gasteiger partial charge in [0.1, 0.15) is 11.6 Å². The highest BCUT2D eigenvalue weighted by molar-refractivity contribution is 14.0. The zero-order valence-corrected chi connectivity index (χ0v) is 19.9. The van der Waals surface area contributed by atoms with E-state index in [9.17, 15) is 9.50 Å². The third kappa shape index (κ3) is 7.43. The van der Waals surface area contributed by atoms with Crippen molar-refractivity contribution in [3.05, 3.63) is 64.5 Å². The van der Waals surface area contributed by atoms with Crippen molar-refractivity contribution >= 4 is 29.9 Å². The summed E-state index contributed by atoms with van der Waals surface area (Å²) in [6, 6.07) is 10.9. The Kier molecular flexibility index (Phi) is 9.84. The highest BCUT2D eigenvalue weighted by atomic mass is 127. The van der Waals surface area contributed by atoms with Crippen LogP contribution in [-0.4, -0.2) is 24.2 Å². The minimum atomic E-state index is -0.400. The molecule has 0 aromatic heterocycles. The third-order valence-corrected chi connectivity index (χ3v) is 4.88. The number of rotatable bonds is 9. The first-order valence-corrected chi connectivity index (χ1v) is 10.2. The maximum Gasteiger partial charge on any atom is 0.191 e. The zero-order chi connectivity index (χ0) is 20.6. The van der Waals surface area contributed by atoms with Crippen molar-refractivity contribution in [2.45, 2.75) is 46.4 Å². The Balaban J connectivity index is 0.00000320. The second kappa shape index (κ2) is 12.1. The number of aryl methyl sites for hydroxylation is 1. The summed E-state index contributed by atoms with van der Waals surface area (Å²) in [5, 5.41) is 15.8. The van der Waals surface area contributed by atoms with Gasteiger partial charge in [-0.1, -0.05) is 18.2 Å². The van der Waals surface area contributed by atoms with Crippen LogP contribution < -0.4 is 15.4 Å². The molecule has 164 valence electrons. The van der Waals surface area contributed by atoms with E-state index in [-0.39, 0.29) is 36.1 Å². The lowest BCUT2D eigenvalue weighted by Crippen LogP contribution is -2.36. The van der Waals surface area contributed by atoms with Crippen LogP contribution in [0.4, 0.5) is 4.39 Å². The molecule has 3 rings (SSSR count). The number of benzene rings is 2. The highest BCUT2D eigenvalue weighted by Gasteiger charge is 2.22. The second-order valence-corrected chi connectivity index (χ2v) is 7.50. The summed E-state index contributed by atoms with van der Waals surface area (Å²) < 4.78 is 19.6. The molecule has 2 aromatic carbocycles. The lowest BCUT2D eigenvalue weighted by molar-refractivity contribution is 0.275. The van der Waals surface area contributed by atoms with Gasteiger partial charge in [0, 0.05) is 24.2 Å². The molecule has 1 aliphatic carbocycles. The molecule has 0 unspecified atom stereocenters. The number of aliphatic imine (C=N–C) groups is 1. The molecule has 0 radical (unpaired) electrons. The molecular weight excluding hydrogens is 496 g/mol. The van der Waals surface area contributed by atoms with E-state index in [1.807, 2.05) is 6.92 Å². The topological polar surface area (TPSA) is 65.9 Å². The van der Waals surface area contributed by atoms with E-state index in [0.717, 1.165) is 30.0 Å². The van der Waals surface area contributed by atoms with E-state index in [0.29, 0.717) is 25.0 Å². The van der Waals surface area contributed by atoms with Crippen LogP contribution in [0.3, 0.4) is 0 Å². The van der Waals surface area contributed by atoms with Gasteiger partial charge in [0.05, 0.1) is 19.8 Å². The molecule has 1 fully saturated rings. The molecule has 0 saturated heterocycles. The van der Waals surface area contributed by atoms with Crippen LogP contribution in [0.1, 0.15) is 42.0 Å². The number of guanidine groups is 1. The summed E-state index contributed by atoms with van der Waals surface area (Å²) in [6.07, 6.45) is 2.52. The summed E-state index contributed by atoms with van der Waals surface area (Å²) in [7, 11) is 0. The molecule has 0 amide bonds. The highest BCUT2D eigenvalue weighted by Crippen LogP contribution is 2.30. The SMILES string of the molecule is CCNC(=NCc1ccc(F)c(CO)c1)NCc1ccc(C)cc1OCC1CC1.I. The van der Waals surface area contributed by atoms with E-state index < -0.39 is 5.82 Å². The van der Waals surface area contributed by atoms with Gasteiger partial charge < -0.3 is 20.5 Å².